The van der Waals surface area contributed by atoms with Gasteiger partial charge in [0.1, 0.15) is 0 Å². The zero-order chi connectivity index (χ0) is 12.1. The highest BCUT2D eigenvalue weighted by atomic mass is 35.5. The third-order valence-electron chi connectivity index (χ3n) is 2.77. The van der Waals surface area contributed by atoms with Crippen molar-refractivity contribution in [3.05, 3.63) is 64.7 Å². The molecule has 2 aromatic rings. The van der Waals surface area contributed by atoms with Crippen LogP contribution in [0.5, 0.6) is 0 Å². The Bertz CT molecular complexity index is 459. The number of rotatable bonds is 4. The monoisotopic (exact) mass is 245 g/mol. The summed E-state index contributed by atoms with van der Waals surface area (Å²) in [6, 6.07) is 16.5. The first-order chi connectivity index (χ1) is 8.28. The molecule has 0 aromatic heterocycles. The molecule has 2 aromatic carbocycles. The van der Waals surface area contributed by atoms with Crippen LogP contribution in [0.25, 0.3) is 0 Å². The van der Waals surface area contributed by atoms with Crippen molar-refractivity contribution in [2.45, 2.75) is 19.9 Å². The lowest BCUT2D eigenvalue weighted by molar-refractivity contribution is 1.11. The van der Waals surface area contributed by atoms with Gasteiger partial charge in [-0.25, -0.2) is 0 Å². The molecule has 0 atom stereocenters. The van der Waals surface area contributed by atoms with Crippen molar-refractivity contribution in [1.29, 1.82) is 0 Å². The van der Waals surface area contributed by atoms with Gasteiger partial charge >= 0.3 is 0 Å². The van der Waals surface area contributed by atoms with Crippen LogP contribution in [-0.2, 0) is 13.0 Å². The predicted molar refractivity (Wildman–Crippen MR) is 74.6 cm³/mol. The molecule has 2 rings (SSSR count). The van der Waals surface area contributed by atoms with Crippen LogP contribution < -0.4 is 5.32 Å². The number of aryl methyl sites for hydroxylation is 1. The fourth-order valence-corrected chi connectivity index (χ4v) is 1.79. The summed E-state index contributed by atoms with van der Waals surface area (Å²) in [5.41, 5.74) is 3.76. The number of nitrogens with one attached hydrogen (secondary N) is 1. The van der Waals surface area contributed by atoms with Crippen LogP contribution in [0.4, 0.5) is 5.69 Å². The van der Waals surface area contributed by atoms with Crippen LogP contribution in [-0.4, -0.2) is 0 Å². The average Bonchev–Trinajstić information content (AvgIpc) is 2.39. The van der Waals surface area contributed by atoms with E-state index in [9.17, 15) is 0 Å². The number of anilines is 1. The van der Waals surface area contributed by atoms with E-state index < -0.39 is 0 Å². The second-order valence-corrected chi connectivity index (χ2v) is 4.47. The van der Waals surface area contributed by atoms with E-state index in [1.165, 1.54) is 11.1 Å². The van der Waals surface area contributed by atoms with Gasteiger partial charge in [-0.1, -0.05) is 42.8 Å². The van der Waals surface area contributed by atoms with Gasteiger partial charge in [-0.15, -0.1) is 0 Å². The van der Waals surface area contributed by atoms with Gasteiger partial charge in [0, 0.05) is 17.3 Å². The summed E-state index contributed by atoms with van der Waals surface area (Å²) in [5, 5.41) is 4.13. The van der Waals surface area contributed by atoms with Crippen molar-refractivity contribution in [3.63, 3.8) is 0 Å². The average molecular weight is 246 g/mol. The lowest BCUT2D eigenvalue weighted by Gasteiger charge is -2.07. The summed E-state index contributed by atoms with van der Waals surface area (Å²) in [6.07, 6.45) is 1.09. The Balaban J connectivity index is 1.95. The SMILES string of the molecule is CCc1ccc(CNc2ccc(Cl)cc2)cc1. The number of benzene rings is 2. The minimum atomic E-state index is 0.767. The van der Waals surface area contributed by atoms with Crippen LogP contribution in [0.1, 0.15) is 18.1 Å². The van der Waals surface area contributed by atoms with E-state index >= 15 is 0 Å². The summed E-state index contributed by atoms with van der Waals surface area (Å²) < 4.78 is 0. The van der Waals surface area contributed by atoms with E-state index in [1.54, 1.807) is 0 Å². The van der Waals surface area contributed by atoms with Crippen molar-refractivity contribution in [3.8, 4) is 0 Å². The first-order valence-corrected chi connectivity index (χ1v) is 6.23. The third kappa shape index (κ3) is 3.50. The lowest BCUT2D eigenvalue weighted by atomic mass is 10.1. The van der Waals surface area contributed by atoms with Gasteiger partial charge in [0.15, 0.2) is 0 Å². The Hall–Kier alpha value is -1.47. The topological polar surface area (TPSA) is 12.0 Å². The number of hydrogen-bond donors (Lipinski definition) is 1. The molecule has 0 aliphatic rings. The van der Waals surface area contributed by atoms with Crippen molar-refractivity contribution in [1.82, 2.24) is 0 Å². The second-order valence-electron chi connectivity index (χ2n) is 4.03. The van der Waals surface area contributed by atoms with E-state index in [-0.39, 0.29) is 0 Å². The molecule has 0 radical (unpaired) electrons. The molecule has 0 fully saturated rings. The molecule has 0 unspecified atom stereocenters. The zero-order valence-corrected chi connectivity index (χ0v) is 10.7. The summed E-state index contributed by atoms with van der Waals surface area (Å²) in [6.45, 7) is 3.01. The first-order valence-electron chi connectivity index (χ1n) is 5.85. The van der Waals surface area contributed by atoms with Crippen molar-refractivity contribution >= 4 is 17.3 Å². The summed E-state index contributed by atoms with van der Waals surface area (Å²) in [5.74, 6) is 0. The van der Waals surface area contributed by atoms with Crippen LogP contribution >= 0.6 is 11.6 Å². The molecule has 0 spiro atoms. The van der Waals surface area contributed by atoms with Gasteiger partial charge in [0.2, 0.25) is 0 Å². The van der Waals surface area contributed by atoms with Crippen LogP contribution in [0.2, 0.25) is 5.02 Å². The molecule has 2 heteroatoms. The zero-order valence-electron chi connectivity index (χ0n) is 9.91. The van der Waals surface area contributed by atoms with Crippen LogP contribution in [0.3, 0.4) is 0 Å². The summed E-state index contributed by atoms with van der Waals surface area (Å²) >= 11 is 5.83. The molecule has 0 aliphatic carbocycles. The van der Waals surface area contributed by atoms with Crippen molar-refractivity contribution in [2.75, 3.05) is 5.32 Å². The highest BCUT2D eigenvalue weighted by Crippen LogP contribution is 2.14. The Morgan fingerprint density at radius 2 is 1.47 bits per heavy atom. The molecule has 0 saturated heterocycles. The van der Waals surface area contributed by atoms with Gasteiger partial charge < -0.3 is 5.32 Å². The largest absolute Gasteiger partial charge is 0.381 e. The molecular weight excluding hydrogens is 230 g/mol. The minimum Gasteiger partial charge on any atom is -0.381 e. The van der Waals surface area contributed by atoms with Gasteiger partial charge in [-0.2, -0.15) is 0 Å². The van der Waals surface area contributed by atoms with Crippen molar-refractivity contribution in [2.24, 2.45) is 0 Å². The van der Waals surface area contributed by atoms with Crippen LogP contribution in [0.15, 0.2) is 48.5 Å². The fraction of sp³-hybridized carbons (Fsp3) is 0.200. The molecule has 0 amide bonds. The van der Waals surface area contributed by atoms with Gasteiger partial charge in [0.25, 0.3) is 0 Å². The Morgan fingerprint density at radius 3 is 2.06 bits per heavy atom. The molecule has 88 valence electrons. The molecule has 0 bridgehead atoms. The number of hydrogen-bond acceptors (Lipinski definition) is 1. The van der Waals surface area contributed by atoms with E-state index in [4.69, 9.17) is 11.6 Å². The van der Waals surface area contributed by atoms with E-state index in [1.807, 2.05) is 24.3 Å². The molecule has 1 nitrogen and oxygen atoms in total. The molecule has 1 N–H and O–H groups in total. The van der Waals surface area contributed by atoms with Gasteiger partial charge in [-0.05, 0) is 41.8 Å². The summed E-state index contributed by atoms with van der Waals surface area (Å²) in [4.78, 5) is 0. The fourth-order valence-electron chi connectivity index (χ4n) is 1.66. The Labute approximate surface area is 107 Å². The van der Waals surface area contributed by atoms with Crippen molar-refractivity contribution < 1.29 is 0 Å². The predicted octanol–water partition coefficient (Wildman–Crippen LogP) is 4.51. The van der Waals surface area contributed by atoms with E-state index in [2.05, 4.69) is 36.5 Å². The normalized spacial score (nSPS) is 10.2. The standard InChI is InChI=1S/C15H16ClN/c1-2-12-3-5-13(6-4-12)11-17-15-9-7-14(16)8-10-15/h3-10,17H,2,11H2,1H3. The number of halogens is 1. The smallest absolute Gasteiger partial charge is 0.0407 e. The van der Waals surface area contributed by atoms with Gasteiger partial charge in [0.05, 0.1) is 0 Å². The molecular formula is C15H16ClN. The first kappa shape index (κ1) is 12.0. The maximum atomic E-state index is 5.83. The quantitative estimate of drug-likeness (QED) is 0.836. The molecule has 0 aliphatic heterocycles. The van der Waals surface area contributed by atoms with E-state index in [0.717, 1.165) is 23.7 Å². The third-order valence-corrected chi connectivity index (χ3v) is 3.02. The molecule has 0 heterocycles. The maximum absolute atomic E-state index is 5.83. The second kappa shape index (κ2) is 5.74. The van der Waals surface area contributed by atoms with Gasteiger partial charge in [-0.3, -0.25) is 0 Å². The summed E-state index contributed by atoms with van der Waals surface area (Å²) in [7, 11) is 0. The van der Waals surface area contributed by atoms with Crippen LogP contribution in [0, 0.1) is 0 Å². The highest BCUT2D eigenvalue weighted by Gasteiger charge is 1.95. The Kier molecular flexibility index (Phi) is 4.05. The lowest BCUT2D eigenvalue weighted by Crippen LogP contribution is -1.99. The molecule has 0 saturated carbocycles. The maximum Gasteiger partial charge on any atom is 0.0407 e. The minimum absolute atomic E-state index is 0.767. The van der Waals surface area contributed by atoms with E-state index in [0.29, 0.717) is 0 Å². The highest BCUT2D eigenvalue weighted by molar-refractivity contribution is 6.30. The molecule has 17 heavy (non-hydrogen) atoms. The Morgan fingerprint density at radius 1 is 0.882 bits per heavy atom.